The number of benzene rings is 1. The maximum atomic E-state index is 12.8. The number of nitrogens with two attached hydrogens (primary N) is 2. The molecule has 0 spiro atoms. The van der Waals surface area contributed by atoms with E-state index < -0.39 is 11.7 Å². The average molecular weight is 254 g/mol. The number of hydrogen-bond acceptors (Lipinski definition) is 4. The van der Waals surface area contributed by atoms with Gasteiger partial charge >= 0.3 is 0 Å². The van der Waals surface area contributed by atoms with Crippen LogP contribution in [-0.2, 0) is 9.59 Å². The van der Waals surface area contributed by atoms with Gasteiger partial charge in [-0.15, -0.1) is 0 Å². The summed E-state index contributed by atoms with van der Waals surface area (Å²) in [6.07, 6.45) is 0. The minimum atomic E-state index is -0.522. The van der Waals surface area contributed by atoms with Crippen LogP contribution in [0.1, 0.15) is 0 Å². The number of amides is 2. The summed E-state index contributed by atoms with van der Waals surface area (Å²) in [5.74, 6) is -1.36. The van der Waals surface area contributed by atoms with Crippen molar-refractivity contribution in [2.45, 2.75) is 0 Å². The Labute approximate surface area is 104 Å². The Kier molecular flexibility index (Phi) is 4.61. The number of carbonyl (C=O) groups is 2. The maximum Gasteiger partial charge on any atom is 0.238 e. The van der Waals surface area contributed by atoms with Crippen LogP contribution >= 0.6 is 0 Å². The lowest BCUT2D eigenvalue weighted by Gasteiger charge is -2.14. The number of carbonyl (C=O) groups excluding carboxylic acids is 2. The van der Waals surface area contributed by atoms with Crippen LogP contribution in [0, 0.1) is 5.82 Å². The molecular formula is C11H15FN4O2. The molecule has 6 nitrogen and oxygen atoms in total. The van der Waals surface area contributed by atoms with Crippen molar-refractivity contribution in [2.24, 2.45) is 5.73 Å². The lowest BCUT2D eigenvalue weighted by molar-refractivity contribution is -0.120. The van der Waals surface area contributed by atoms with Gasteiger partial charge in [0.05, 0.1) is 24.5 Å². The summed E-state index contributed by atoms with van der Waals surface area (Å²) in [7, 11) is 1.58. The molecule has 0 aliphatic carbocycles. The van der Waals surface area contributed by atoms with Crippen LogP contribution in [0.15, 0.2) is 18.2 Å². The first kappa shape index (κ1) is 13.9. The smallest absolute Gasteiger partial charge is 0.238 e. The number of nitrogen functional groups attached to an aromatic ring is 1. The minimum Gasteiger partial charge on any atom is -0.397 e. The van der Waals surface area contributed by atoms with Crippen molar-refractivity contribution in [1.82, 2.24) is 4.90 Å². The van der Waals surface area contributed by atoms with Crippen LogP contribution in [0.25, 0.3) is 0 Å². The van der Waals surface area contributed by atoms with E-state index in [1.54, 1.807) is 7.05 Å². The second kappa shape index (κ2) is 5.97. The van der Waals surface area contributed by atoms with Gasteiger partial charge in [-0.3, -0.25) is 14.5 Å². The molecule has 0 aromatic heterocycles. The van der Waals surface area contributed by atoms with E-state index >= 15 is 0 Å². The predicted molar refractivity (Wildman–Crippen MR) is 66.1 cm³/mol. The van der Waals surface area contributed by atoms with Gasteiger partial charge in [0.2, 0.25) is 11.8 Å². The van der Waals surface area contributed by atoms with Crippen molar-refractivity contribution in [3.05, 3.63) is 24.0 Å². The van der Waals surface area contributed by atoms with E-state index in [0.717, 1.165) is 6.07 Å². The molecule has 0 saturated heterocycles. The number of likely N-dealkylation sites (N-methyl/N-ethyl adjacent to an activating group) is 1. The average Bonchev–Trinajstić information content (AvgIpc) is 2.20. The standard InChI is InChI=1S/C11H15FN4O2/c1-16(5-10(14)17)6-11(18)15-9-3-2-7(12)4-8(9)13/h2-4H,5-6,13H2,1H3,(H2,14,17)(H,15,18). The third-order valence-corrected chi connectivity index (χ3v) is 2.13. The van der Waals surface area contributed by atoms with Crippen molar-refractivity contribution in [2.75, 3.05) is 31.2 Å². The topological polar surface area (TPSA) is 101 Å². The fourth-order valence-electron chi connectivity index (χ4n) is 1.40. The summed E-state index contributed by atoms with van der Waals surface area (Å²) in [6.45, 7) is -0.0356. The Bertz CT molecular complexity index is 464. The molecule has 0 aliphatic rings. The molecule has 98 valence electrons. The van der Waals surface area contributed by atoms with Gasteiger partial charge in [-0.2, -0.15) is 0 Å². The first-order valence-electron chi connectivity index (χ1n) is 5.20. The number of hydrogen-bond donors (Lipinski definition) is 3. The number of nitrogens with zero attached hydrogens (tertiary/aromatic N) is 1. The lowest BCUT2D eigenvalue weighted by Crippen LogP contribution is -2.36. The van der Waals surface area contributed by atoms with Crippen molar-refractivity contribution in [3.63, 3.8) is 0 Å². The summed E-state index contributed by atoms with van der Waals surface area (Å²) in [4.78, 5) is 23.7. The monoisotopic (exact) mass is 254 g/mol. The van der Waals surface area contributed by atoms with Gasteiger partial charge < -0.3 is 16.8 Å². The molecule has 0 bridgehead atoms. The molecule has 0 aliphatic heterocycles. The Balaban J connectivity index is 2.56. The van der Waals surface area contributed by atoms with Gasteiger partial charge in [0.1, 0.15) is 5.82 Å². The Hall–Kier alpha value is -2.15. The second-order valence-electron chi connectivity index (χ2n) is 3.92. The first-order chi connectivity index (χ1) is 8.38. The molecular weight excluding hydrogens is 239 g/mol. The molecule has 0 atom stereocenters. The Morgan fingerprint density at radius 2 is 2.06 bits per heavy atom. The number of rotatable bonds is 5. The van der Waals surface area contributed by atoms with E-state index in [1.807, 2.05) is 0 Å². The molecule has 0 radical (unpaired) electrons. The molecule has 0 fully saturated rings. The van der Waals surface area contributed by atoms with Gasteiger partial charge in [-0.25, -0.2) is 4.39 Å². The van der Waals surface area contributed by atoms with Crippen LogP contribution in [0.2, 0.25) is 0 Å². The zero-order valence-electron chi connectivity index (χ0n) is 9.94. The van der Waals surface area contributed by atoms with E-state index in [-0.39, 0.29) is 24.7 Å². The van der Waals surface area contributed by atoms with Crippen molar-refractivity contribution < 1.29 is 14.0 Å². The number of nitrogens with one attached hydrogen (secondary N) is 1. The van der Waals surface area contributed by atoms with Gasteiger partial charge in [-0.05, 0) is 25.2 Å². The quantitative estimate of drug-likeness (QED) is 0.631. The van der Waals surface area contributed by atoms with Gasteiger partial charge in [0.15, 0.2) is 0 Å². The first-order valence-corrected chi connectivity index (χ1v) is 5.20. The second-order valence-corrected chi connectivity index (χ2v) is 3.92. The SMILES string of the molecule is CN(CC(N)=O)CC(=O)Nc1ccc(F)cc1N. The van der Waals surface area contributed by atoms with Crippen molar-refractivity contribution in [3.8, 4) is 0 Å². The molecule has 5 N–H and O–H groups in total. The summed E-state index contributed by atoms with van der Waals surface area (Å²) < 4.78 is 12.8. The fraction of sp³-hybridized carbons (Fsp3) is 0.273. The van der Waals surface area contributed by atoms with E-state index in [4.69, 9.17) is 11.5 Å². The lowest BCUT2D eigenvalue weighted by atomic mass is 10.2. The highest BCUT2D eigenvalue weighted by atomic mass is 19.1. The van der Waals surface area contributed by atoms with Gasteiger partial charge in [0, 0.05) is 0 Å². The van der Waals surface area contributed by atoms with Gasteiger partial charge in [-0.1, -0.05) is 0 Å². The summed E-state index contributed by atoms with van der Waals surface area (Å²) in [5.41, 5.74) is 11.0. The van der Waals surface area contributed by atoms with Crippen molar-refractivity contribution >= 4 is 23.2 Å². The normalized spacial score (nSPS) is 10.4. The molecule has 1 aromatic carbocycles. The number of halogens is 1. The molecule has 18 heavy (non-hydrogen) atoms. The molecule has 0 saturated carbocycles. The van der Waals surface area contributed by atoms with E-state index in [1.165, 1.54) is 17.0 Å². The summed E-state index contributed by atoms with van der Waals surface area (Å²) in [5, 5.41) is 2.52. The van der Waals surface area contributed by atoms with Crippen LogP contribution < -0.4 is 16.8 Å². The zero-order valence-corrected chi connectivity index (χ0v) is 9.94. The third kappa shape index (κ3) is 4.38. The molecule has 1 rings (SSSR count). The van der Waals surface area contributed by atoms with E-state index in [2.05, 4.69) is 5.32 Å². The maximum absolute atomic E-state index is 12.8. The van der Waals surface area contributed by atoms with Crippen LogP contribution in [0.3, 0.4) is 0 Å². The Morgan fingerprint density at radius 1 is 1.39 bits per heavy atom. The highest BCUT2D eigenvalue weighted by Crippen LogP contribution is 2.18. The highest BCUT2D eigenvalue weighted by molar-refractivity contribution is 5.95. The van der Waals surface area contributed by atoms with Crippen LogP contribution in [0.4, 0.5) is 15.8 Å². The van der Waals surface area contributed by atoms with E-state index in [0.29, 0.717) is 5.69 Å². The molecule has 0 heterocycles. The predicted octanol–water partition coefficient (Wildman–Crippen LogP) is -0.236. The zero-order chi connectivity index (χ0) is 13.7. The summed E-state index contributed by atoms with van der Waals surface area (Å²) in [6, 6.07) is 3.68. The van der Waals surface area contributed by atoms with Gasteiger partial charge in [0.25, 0.3) is 0 Å². The van der Waals surface area contributed by atoms with Crippen LogP contribution in [-0.4, -0.2) is 36.9 Å². The Morgan fingerprint density at radius 3 is 2.61 bits per heavy atom. The molecule has 7 heteroatoms. The van der Waals surface area contributed by atoms with Crippen molar-refractivity contribution in [1.29, 1.82) is 0 Å². The fourth-order valence-corrected chi connectivity index (χ4v) is 1.40. The number of anilines is 2. The molecule has 1 aromatic rings. The summed E-state index contributed by atoms with van der Waals surface area (Å²) >= 11 is 0. The third-order valence-electron chi connectivity index (χ3n) is 2.13. The molecule has 0 unspecified atom stereocenters. The minimum absolute atomic E-state index is 0.0141. The van der Waals surface area contributed by atoms with Crippen LogP contribution in [0.5, 0.6) is 0 Å². The highest BCUT2D eigenvalue weighted by Gasteiger charge is 2.10. The van der Waals surface area contributed by atoms with E-state index in [9.17, 15) is 14.0 Å². The molecule has 2 amide bonds. The largest absolute Gasteiger partial charge is 0.397 e. The number of primary amides is 1.